The summed E-state index contributed by atoms with van der Waals surface area (Å²) in [5, 5.41) is 5.52. The molecule has 0 bridgehead atoms. The first kappa shape index (κ1) is 10.7. The number of benzene rings is 1. The lowest BCUT2D eigenvalue weighted by molar-refractivity contribution is 0.101. The van der Waals surface area contributed by atoms with E-state index in [-0.39, 0.29) is 11.8 Å². The highest BCUT2D eigenvalue weighted by atomic mass is 16.2. The fourth-order valence-corrected chi connectivity index (χ4v) is 1.40. The molecule has 16 heavy (non-hydrogen) atoms. The second kappa shape index (κ2) is 4.35. The van der Waals surface area contributed by atoms with Crippen LogP contribution in [0.3, 0.4) is 0 Å². The van der Waals surface area contributed by atoms with Gasteiger partial charge in [0.25, 0.3) is 0 Å². The van der Waals surface area contributed by atoms with E-state index < -0.39 is 0 Å². The fraction of sp³-hybridized carbons (Fsp3) is 0.333. The minimum atomic E-state index is -0.205. The average molecular weight is 218 g/mol. The zero-order chi connectivity index (χ0) is 11.5. The summed E-state index contributed by atoms with van der Waals surface area (Å²) in [6, 6.07) is 7.04. The summed E-state index contributed by atoms with van der Waals surface area (Å²) in [5.41, 5.74) is 1.25. The Kier molecular flexibility index (Phi) is 2.90. The van der Waals surface area contributed by atoms with Gasteiger partial charge in [-0.1, -0.05) is 12.1 Å². The van der Waals surface area contributed by atoms with Crippen molar-refractivity contribution in [1.29, 1.82) is 0 Å². The van der Waals surface area contributed by atoms with E-state index in [9.17, 15) is 9.59 Å². The van der Waals surface area contributed by atoms with Gasteiger partial charge in [0.15, 0.2) is 5.78 Å². The Morgan fingerprint density at radius 3 is 2.69 bits per heavy atom. The standard InChI is InChI=1S/C12H14N2O2/c1-8(15)9-3-2-4-11(7-9)14-12(16)13-10-5-6-10/h2-4,7,10H,5-6H2,1H3,(H2,13,14,16). The summed E-state index contributed by atoms with van der Waals surface area (Å²) in [6.45, 7) is 1.50. The van der Waals surface area contributed by atoms with Gasteiger partial charge in [-0.15, -0.1) is 0 Å². The van der Waals surface area contributed by atoms with Crippen molar-refractivity contribution in [3.63, 3.8) is 0 Å². The number of nitrogens with one attached hydrogen (secondary N) is 2. The highest BCUT2D eigenvalue weighted by molar-refractivity contribution is 5.96. The normalized spacial score (nSPS) is 14.3. The lowest BCUT2D eigenvalue weighted by Gasteiger charge is -2.07. The number of rotatable bonds is 3. The minimum Gasteiger partial charge on any atom is -0.335 e. The number of ketones is 1. The van der Waals surface area contributed by atoms with Crippen molar-refractivity contribution in [3.8, 4) is 0 Å². The molecule has 0 aliphatic heterocycles. The van der Waals surface area contributed by atoms with Crippen LogP contribution in [0.4, 0.5) is 10.5 Å². The van der Waals surface area contributed by atoms with E-state index in [1.807, 2.05) is 0 Å². The smallest absolute Gasteiger partial charge is 0.319 e. The van der Waals surface area contributed by atoms with Crippen LogP contribution in [0.2, 0.25) is 0 Å². The summed E-state index contributed by atoms with van der Waals surface area (Å²) in [6.07, 6.45) is 2.11. The molecule has 1 aliphatic rings. The van der Waals surface area contributed by atoms with Crippen molar-refractivity contribution in [2.24, 2.45) is 0 Å². The van der Waals surface area contributed by atoms with Crippen LogP contribution in [-0.2, 0) is 0 Å². The third kappa shape index (κ3) is 2.82. The van der Waals surface area contributed by atoms with Gasteiger partial charge in [-0.3, -0.25) is 4.79 Å². The van der Waals surface area contributed by atoms with Crippen molar-refractivity contribution in [1.82, 2.24) is 5.32 Å². The Labute approximate surface area is 94.0 Å². The highest BCUT2D eigenvalue weighted by Crippen LogP contribution is 2.19. The van der Waals surface area contributed by atoms with E-state index in [1.54, 1.807) is 24.3 Å². The molecule has 0 heterocycles. The van der Waals surface area contributed by atoms with Crippen LogP contribution in [0.15, 0.2) is 24.3 Å². The predicted octanol–water partition coefficient (Wildman–Crippen LogP) is 2.17. The zero-order valence-electron chi connectivity index (χ0n) is 9.12. The lowest BCUT2D eigenvalue weighted by Crippen LogP contribution is -2.30. The van der Waals surface area contributed by atoms with Crippen molar-refractivity contribution < 1.29 is 9.59 Å². The lowest BCUT2D eigenvalue weighted by atomic mass is 10.1. The number of hydrogen-bond acceptors (Lipinski definition) is 2. The number of amides is 2. The topological polar surface area (TPSA) is 58.2 Å². The Balaban J connectivity index is 1.99. The van der Waals surface area contributed by atoms with E-state index >= 15 is 0 Å². The average Bonchev–Trinajstić information content (AvgIpc) is 3.01. The first-order valence-electron chi connectivity index (χ1n) is 5.33. The molecule has 1 aromatic carbocycles. The molecule has 1 aromatic rings. The van der Waals surface area contributed by atoms with Gasteiger partial charge in [0.1, 0.15) is 0 Å². The summed E-state index contributed by atoms with van der Waals surface area (Å²) < 4.78 is 0. The second-order valence-corrected chi connectivity index (χ2v) is 4.01. The van der Waals surface area contributed by atoms with Crippen molar-refractivity contribution in [2.45, 2.75) is 25.8 Å². The molecule has 0 atom stereocenters. The molecule has 4 nitrogen and oxygen atoms in total. The van der Waals surface area contributed by atoms with Crippen LogP contribution < -0.4 is 10.6 Å². The molecule has 1 fully saturated rings. The minimum absolute atomic E-state index is 0.00810. The molecule has 0 unspecified atom stereocenters. The highest BCUT2D eigenvalue weighted by Gasteiger charge is 2.23. The maximum absolute atomic E-state index is 11.4. The fourth-order valence-electron chi connectivity index (χ4n) is 1.40. The van der Waals surface area contributed by atoms with Gasteiger partial charge >= 0.3 is 6.03 Å². The Bertz CT molecular complexity index is 425. The maximum Gasteiger partial charge on any atom is 0.319 e. The quantitative estimate of drug-likeness (QED) is 0.764. The van der Waals surface area contributed by atoms with Crippen LogP contribution in [0, 0.1) is 0 Å². The molecule has 1 saturated carbocycles. The van der Waals surface area contributed by atoms with Gasteiger partial charge in [-0.25, -0.2) is 4.79 Å². The molecule has 2 amide bonds. The molecule has 84 valence electrons. The first-order valence-corrected chi connectivity index (χ1v) is 5.33. The molecule has 0 saturated heterocycles. The predicted molar refractivity (Wildman–Crippen MR) is 61.6 cm³/mol. The van der Waals surface area contributed by atoms with Crippen LogP contribution >= 0.6 is 0 Å². The number of Topliss-reactive ketones (excluding diaryl/α,β-unsaturated/α-hetero) is 1. The first-order chi connectivity index (χ1) is 7.65. The zero-order valence-corrected chi connectivity index (χ0v) is 9.12. The third-order valence-electron chi connectivity index (χ3n) is 2.44. The summed E-state index contributed by atoms with van der Waals surface area (Å²) in [7, 11) is 0. The summed E-state index contributed by atoms with van der Waals surface area (Å²) in [4.78, 5) is 22.6. The van der Waals surface area contributed by atoms with Gasteiger partial charge in [-0.05, 0) is 31.9 Å². The summed E-state index contributed by atoms with van der Waals surface area (Å²) in [5.74, 6) is -0.00810. The van der Waals surface area contributed by atoms with Crippen molar-refractivity contribution in [2.75, 3.05) is 5.32 Å². The van der Waals surface area contributed by atoms with Crippen LogP contribution in [-0.4, -0.2) is 17.9 Å². The van der Waals surface area contributed by atoms with Gasteiger partial charge in [0, 0.05) is 17.3 Å². The number of urea groups is 1. The Morgan fingerprint density at radius 1 is 1.31 bits per heavy atom. The van der Waals surface area contributed by atoms with E-state index in [4.69, 9.17) is 0 Å². The maximum atomic E-state index is 11.4. The van der Waals surface area contributed by atoms with Gasteiger partial charge in [0.05, 0.1) is 0 Å². The molecular weight excluding hydrogens is 204 g/mol. The number of anilines is 1. The largest absolute Gasteiger partial charge is 0.335 e. The van der Waals surface area contributed by atoms with Crippen molar-refractivity contribution >= 4 is 17.5 Å². The monoisotopic (exact) mass is 218 g/mol. The molecule has 2 rings (SSSR count). The number of hydrogen-bond donors (Lipinski definition) is 2. The Morgan fingerprint density at radius 2 is 2.06 bits per heavy atom. The van der Waals surface area contributed by atoms with Gasteiger partial charge in [0.2, 0.25) is 0 Å². The second-order valence-electron chi connectivity index (χ2n) is 4.01. The van der Waals surface area contributed by atoms with Gasteiger partial charge in [-0.2, -0.15) is 0 Å². The molecule has 1 aliphatic carbocycles. The summed E-state index contributed by atoms with van der Waals surface area (Å²) >= 11 is 0. The molecule has 2 N–H and O–H groups in total. The van der Waals surface area contributed by atoms with Crippen molar-refractivity contribution in [3.05, 3.63) is 29.8 Å². The number of carbonyl (C=O) groups is 2. The molecule has 4 heteroatoms. The molecule has 0 aromatic heterocycles. The van der Waals surface area contributed by atoms with Crippen LogP contribution in [0.5, 0.6) is 0 Å². The number of carbonyl (C=O) groups excluding carboxylic acids is 2. The van der Waals surface area contributed by atoms with E-state index in [1.165, 1.54) is 6.92 Å². The molecular formula is C12H14N2O2. The Hall–Kier alpha value is -1.84. The SMILES string of the molecule is CC(=O)c1cccc(NC(=O)NC2CC2)c1. The van der Waals surface area contributed by atoms with Crippen LogP contribution in [0.1, 0.15) is 30.1 Å². The molecule has 0 spiro atoms. The van der Waals surface area contributed by atoms with Gasteiger partial charge < -0.3 is 10.6 Å². The van der Waals surface area contributed by atoms with E-state index in [0.29, 0.717) is 17.3 Å². The van der Waals surface area contributed by atoms with E-state index in [2.05, 4.69) is 10.6 Å². The van der Waals surface area contributed by atoms with E-state index in [0.717, 1.165) is 12.8 Å². The van der Waals surface area contributed by atoms with Crippen LogP contribution in [0.25, 0.3) is 0 Å². The third-order valence-corrected chi connectivity index (χ3v) is 2.44. The molecule has 0 radical (unpaired) electrons.